The Morgan fingerprint density at radius 3 is 2.56 bits per heavy atom. The number of sulfonamides is 1. The molecule has 184 valence electrons. The highest BCUT2D eigenvalue weighted by molar-refractivity contribution is 7.89. The quantitative estimate of drug-likeness (QED) is 0.627. The van der Waals surface area contributed by atoms with Gasteiger partial charge in [0.25, 0.3) is 0 Å². The standard InChI is InChI=1S/C23H32N6O4S/c1-17-23(30)27(3)20-8-9-21(25-22(20)29(17)14-15-33-4)24-18-6-5-7-19(16-18)34(31,32)28-12-10-26(2)11-13-28/h5-9,16-17H,10-15H2,1-4H3,(H,24,25). The molecular formula is C23H32N6O4S. The second-order valence-corrected chi connectivity index (χ2v) is 10.6. The molecule has 1 fully saturated rings. The summed E-state index contributed by atoms with van der Waals surface area (Å²) in [6.45, 7) is 5.23. The molecule has 1 aromatic heterocycles. The highest BCUT2D eigenvalue weighted by atomic mass is 32.2. The van der Waals surface area contributed by atoms with Crippen molar-refractivity contribution in [1.29, 1.82) is 0 Å². The van der Waals surface area contributed by atoms with E-state index in [2.05, 4.69) is 10.2 Å². The minimum atomic E-state index is -3.57. The third-order valence-corrected chi connectivity index (χ3v) is 8.28. The summed E-state index contributed by atoms with van der Waals surface area (Å²) >= 11 is 0. The van der Waals surface area contributed by atoms with Crippen LogP contribution in [0.2, 0.25) is 0 Å². The molecule has 2 aliphatic rings. The van der Waals surface area contributed by atoms with Crippen molar-refractivity contribution in [3.63, 3.8) is 0 Å². The number of piperazine rings is 1. The molecule has 34 heavy (non-hydrogen) atoms. The number of carbonyl (C=O) groups is 1. The number of benzene rings is 1. The van der Waals surface area contributed by atoms with Crippen LogP contribution in [-0.2, 0) is 19.6 Å². The van der Waals surface area contributed by atoms with Gasteiger partial charge in [0.05, 0.1) is 17.2 Å². The Hall–Kier alpha value is -2.73. The van der Waals surface area contributed by atoms with Crippen LogP contribution < -0.4 is 15.1 Å². The van der Waals surface area contributed by atoms with Gasteiger partial charge in [0, 0.05) is 52.6 Å². The molecule has 0 saturated carbocycles. The lowest BCUT2D eigenvalue weighted by Crippen LogP contribution is -2.52. The van der Waals surface area contributed by atoms with Crippen LogP contribution in [0.5, 0.6) is 0 Å². The fraction of sp³-hybridized carbons (Fsp3) is 0.478. The van der Waals surface area contributed by atoms with Gasteiger partial charge in [-0.1, -0.05) is 6.07 Å². The Kier molecular flexibility index (Phi) is 7.08. The first-order valence-corrected chi connectivity index (χ1v) is 12.8. The van der Waals surface area contributed by atoms with E-state index in [0.29, 0.717) is 56.7 Å². The summed E-state index contributed by atoms with van der Waals surface area (Å²) in [6.07, 6.45) is 0. The number of nitrogens with one attached hydrogen (secondary N) is 1. The van der Waals surface area contributed by atoms with Crippen molar-refractivity contribution in [3.8, 4) is 0 Å². The second-order valence-electron chi connectivity index (χ2n) is 8.66. The van der Waals surface area contributed by atoms with E-state index in [1.165, 1.54) is 4.31 Å². The fourth-order valence-electron chi connectivity index (χ4n) is 4.25. The number of pyridine rings is 1. The maximum Gasteiger partial charge on any atom is 0.249 e. The van der Waals surface area contributed by atoms with Gasteiger partial charge in [-0.2, -0.15) is 4.31 Å². The van der Waals surface area contributed by atoms with Crippen LogP contribution in [0.25, 0.3) is 0 Å². The maximum atomic E-state index is 13.1. The minimum absolute atomic E-state index is 0.00655. The van der Waals surface area contributed by atoms with Crippen molar-refractivity contribution in [2.24, 2.45) is 0 Å². The molecule has 11 heteroatoms. The van der Waals surface area contributed by atoms with E-state index >= 15 is 0 Å². The number of amides is 1. The molecule has 3 heterocycles. The molecule has 1 saturated heterocycles. The number of fused-ring (bicyclic) bond motifs is 1. The third kappa shape index (κ3) is 4.74. The molecule has 0 spiro atoms. The molecule has 10 nitrogen and oxygen atoms in total. The summed E-state index contributed by atoms with van der Waals surface area (Å²) < 4.78 is 33.0. The van der Waals surface area contributed by atoms with Gasteiger partial charge in [0.1, 0.15) is 11.9 Å². The van der Waals surface area contributed by atoms with Crippen molar-refractivity contribution < 1.29 is 17.9 Å². The molecule has 1 atom stereocenters. The summed E-state index contributed by atoms with van der Waals surface area (Å²) in [5, 5.41) is 3.23. The predicted molar refractivity (Wildman–Crippen MR) is 132 cm³/mol. The van der Waals surface area contributed by atoms with E-state index in [9.17, 15) is 13.2 Å². The van der Waals surface area contributed by atoms with E-state index in [-0.39, 0.29) is 16.8 Å². The summed E-state index contributed by atoms with van der Waals surface area (Å²) in [4.78, 5) is 23.3. The molecule has 2 aromatic rings. The molecule has 1 N–H and O–H groups in total. The Morgan fingerprint density at radius 2 is 1.85 bits per heavy atom. The number of methoxy groups -OCH3 is 1. The molecular weight excluding hydrogens is 456 g/mol. The van der Waals surface area contributed by atoms with Crippen molar-refractivity contribution >= 4 is 38.9 Å². The topological polar surface area (TPSA) is 98.3 Å². The Morgan fingerprint density at radius 1 is 1.12 bits per heavy atom. The lowest BCUT2D eigenvalue weighted by molar-refractivity contribution is -0.119. The molecule has 1 unspecified atom stereocenters. The zero-order valence-electron chi connectivity index (χ0n) is 20.1. The number of nitrogens with zero attached hydrogens (tertiary/aromatic N) is 5. The lowest BCUT2D eigenvalue weighted by atomic mass is 10.1. The Labute approximate surface area is 201 Å². The minimum Gasteiger partial charge on any atom is -0.383 e. The van der Waals surface area contributed by atoms with E-state index in [0.717, 1.165) is 5.69 Å². The van der Waals surface area contributed by atoms with Crippen LogP contribution >= 0.6 is 0 Å². The van der Waals surface area contributed by atoms with Gasteiger partial charge in [0.15, 0.2) is 5.82 Å². The summed E-state index contributed by atoms with van der Waals surface area (Å²) in [5.74, 6) is 1.23. The SMILES string of the molecule is COCCN1c2nc(Nc3cccc(S(=O)(=O)N4CCN(C)CC4)c3)ccc2N(C)C(=O)C1C. The first kappa shape index (κ1) is 24.4. The first-order chi connectivity index (χ1) is 16.2. The van der Waals surface area contributed by atoms with Gasteiger partial charge in [-0.25, -0.2) is 13.4 Å². The largest absolute Gasteiger partial charge is 0.383 e. The van der Waals surface area contributed by atoms with Gasteiger partial charge >= 0.3 is 0 Å². The second kappa shape index (κ2) is 9.87. The molecule has 0 aliphatic carbocycles. The smallest absolute Gasteiger partial charge is 0.249 e. The van der Waals surface area contributed by atoms with Gasteiger partial charge in [-0.15, -0.1) is 0 Å². The number of carbonyl (C=O) groups excluding carboxylic acids is 1. The van der Waals surface area contributed by atoms with Crippen LogP contribution in [-0.4, -0.2) is 95.1 Å². The highest BCUT2D eigenvalue weighted by Gasteiger charge is 2.34. The molecule has 4 rings (SSSR count). The van der Waals surface area contributed by atoms with Crippen molar-refractivity contribution in [2.45, 2.75) is 17.9 Å². The average molecular weight is 489 g/mol. The zero-order valence-corrected chi connectivity index (χ0v) is 20.9. The normalized spacial score (nSPS) is 19.9. The number of rotatable bonds is 7. The first-order valence-electron chi connectivity index (χ1n) is 11.3. The molecule has 2 aliphatic heterocycles. The number of aromatic nitrogens is 1. The van der Waals surface area contributed by atoms with Gasteiger partial charge in [0.2, 0.25) is 15.9 Å². The van der Waals surface area contributed by atoms with Crippen LogP contribution in [0.4, 0.5) is 23.0 Å². The summed E-state index contributed by atoms with van der Waals surface area (Å²) in [7, 11) is 1.78. The van der Waals surface area contributed by atoms with Crippen molar-refractivity contribution in [3.05, 3.63) is 36.4 Å². The highest BCUT2D eigenvalue weighted by Crippen LogP contribution is 2.35. The van der Waals surface area contributed by atoms with E-state index < -0.39 is 10.0 Å². The van der Waals surface area contributed by atoms with Crippen LogP contribution in [0.1, 0.15) is 6.92 Å². The fourth-order valence-corrected chi connectivity index (χ4v) is 5.72. The van der Waals surface area contributed by atoms with Crippen LogP contribution in [0.15, 0.2) is 41.3 Å². The Balaban J connectivity index is 1.59. The van der Waals surface area contributed by atoms with Crippen molar-refractivity contribution in [1.82, 2.24) is 14.2 Å². The number of ether oxygens (including phenoxy) is 1. The summed E-state index contributed by atoms with van der Waals surface area (Å²) in [6, 6.07) is 10.1. The van der Waals surface area contributed by atoms with Crippen LogP contribution in [0.3, 0.4) is 0 Å². The molecule has 1 aromatic carbocycles. The molecule has 1 amide bonds. The number of hydrogen-bond donors (Lipinski definition) is 1. The van der Waals surface area contributed by atoms with Crippen molar-refractivity contribution in [2.75, 3.05) is 75.7 Å². The van der Waals surface area contributed by atoms with E-state index in [1.54, 1.807) is 43.3 Å². The monoisotopic (exact) mass is 488 g/mol. The van der Waals surface area contributed by atoms with Gasteiger partial charge in [-0.3, -0.25) is 4.79 Å². The number of anilines is 4. The predicted octanol–water partition coefficient (Wildman–Crippen LogP) is 1.58. The average Bonchev–Trinajstić information content (AvgIpc) is 2.83. The zero-order chi connectivity index (χ0) is 24.5. The number of likely N-dealkylation sites (N-methyl/N-ethyl adjacent to an activating group) is 2. The molecule has 0 radical (unpaired) electrons. The lowest BCUT2D eigenvalue weighted by Gasteiger charge is -2.39. The maximum absolute atomic E-state index is 13.1. The van der Waals surface area contributed by atoms with E-state index in [4.69, 9.17) is 9.72 Å². The molecule has 0 bridgehead atoms. The Bertz CT molecular complexity index is 1150. The number of hydrogen-bond acceptors (Lipinski definition) is 8. The summed E-state index contributed by atoms with van der Waals surface area (Å²) in [5.41, 5.74) is 1.34. The third-order valence-electron chi connectivity index (χ3n) is 6.39. The van der Waals surface area contributed by atoms with Gasteiger partial charge < -0.3 is 24.8 Å². The van der Waals surface area contributed by atoms with E-state index in [1.807, 2.05) is 31.0 Å². The van der Waals surface area contributed by atoms with Gasteiger partial charge in [-0.05, 0) is 44.3 Å². The van der Waals surface area contributed by atoms with Crippen LogP contribution in [0, 0.1) is 0 Å².